The summed E-state index contributed by atoms with van der Waals surface area (Å²) in [5, 5.41) is 0.371. The van der Waals surface area contributed by atoms with Crippen molar-refractivity contribution in [2.75, 3.05) is 13.2 Å². The fourth-order valence-corrected chi connectivity index (χ4v) is 2.08. The highest BCUT2D eigenvalue weighted by molar-refractivity contribution is 6.20. The predicted octanol–water partition coefficient (Wildman–Crippen LogP) is 3.21. The monoisotopic (exact) mass is 190 g/mol. The van der Waals surface area contributed by atoms with E-state index in [0.717, 1.165) is 19.6 Å². The summed E-state index contributed by atoms with van der Waals surface area (Å²) >= 11 is 6.18. The predicted molar refractivity (Wildman–Crippen MR) is 52.7 cm³/mol. The molecule has 1 rings (SSSR count). The van der Waals surface area contributed by atoms with Gasteiger partial charge in [0.15, 0.2) is 0 Å². The van der Waals surface area contributed by atoms with Crippen molar-refractivity contribution in [3.05, 3.63) is 0 Å². The van der Waals surface area contributed by atoms with Crippen LogP contribution in [-0.4, -0.2) is 18.6 Å². The largest absolute Gasteiger partial charge is 0.381 e. The van der Waals surface area contributed by atoms with Gasteiger partial charge in [0.25, 0.3) is 0 Å². The third-order valence-corrected chi connectivity index (χ3v) is 3.07. The van der Waals surface area contributed by atoms with Crippen molar-refractivity contribution in [2.24, 2.45) is 5.92 Å². The maximum absolute atomic E-state index is 6.18. The van der Waals surface area contributed by atoms with Crippen LogP contribution < -0.4 is 0 Å². The Hall–Kier alpha value is 0.250. The van der Waals surface area contributed by atoms with E-state index in [9.17, 15) is 0 Å². The number of halogens is 1. The molecule has 0 aromatic heterocycles. The summed E-state index contributed by atoms with van der Waals surface area (Å²) in [6.45, 7) is 3.90. The van der Waals surface area contributed by atoms with Gasteiger partial charge < -0.3 is 4.74 Å². The van der Waals surface area contributed by atoms with Gasteiger partial charge in [0.1, 0.15) is 0 Å². The van der Waals surface area contributed by atoms with Crippen LogP contribution in [0.2, 0.25) is 0 Å². The van der Waals surface area contributed by atoms with Crippen LogP contribution in [0.5, 0.6) is 0 Å². The smallest absolute Gasteiger partial charge is 0.0508 e. The molecule has 2 unspecified atom stereocenters. The van der Waals surface area contributed by atoms with Gasteiger partial charge in [-0.3, -0.25) is 0 Å². The Morgan fingerprint density at radius 3 is 2.75 bits per heavy atom. The maximum Gasteiger partial charge on any atom is 0.0508 e. The molecule has 0 bridgehead atoms. The van der Waals surface area contributed by atoms with E-state index in [-0.39, 0.29) is 0 Å². The first kappa shape index (κ1) is 10.3. The van der Waals surface area contributed by atoms with Crippen molar-refractivity contribution in [3.8, 4) is 0 Å². The molecular formula is C10H19ClO. The van der Waals surface area contributed by atoms with E-state index >= 15 is 0 Å². The summed E-state index contributed by atoms with van der Waals surface area (Å²) in [4.78, 5) is 0. The topological polar surface area (TPSA) is 9.23 Å². The number of hydrogen-bond donors (Lipinski definition) is 0. The number of ether oxygens (including phenoxy) is 1. The van der Waals surface area contributed by atoms with E-state index < -0.39 is 0 Å². The standard InChI is InChI=1S/C10H19ClO/c1-2-7-12-8-9-5-3-4-6-10(9)11/h9-10H,2-8H2,1H3. The number of rotatable bonds is 4. The fraction of sp³-hybridized carbons (Fsp3) is 1.00. The molecule has 2 atom stereocenters. The Balaban J connectivity index is 2.11. The minimum absolute atomic E-state index is 0.371. The van der Waals surface area contributed by atoms with Crippen LogP contribution in [0.1, 0.15) is 39.0 Å². The Bertz CT molecular complexity index is 116. The summed E-state index contributed by atoms with van der Waals surface area (Å²) in [6.07, 6.45) is 6.20. The van der Waals surface area contributed by atoms with E-state index in [0.29, 0.717) is 11.3 Å². The van der Waals surface area contributed by atoms with Crippen LogP contribution in [0.4, 0.5) is 0 Å². The molecule has 1 aliphatic rings. The lowest BCUT2D eigenvalue weighted by Crippen LogP contribution is -2.24. The van der Waals surface area contributed by atoms with E-state index in [4.69, 9.17) is 16.3 Å². The quantitative estimate of drug-likeness (QED) is 0.489. The van der Waals surface area contributed by atoms with Crippen molar-refractivity contribution in [2.45, 2.75) is 44.4 Å². The fourth-order valence-electron chi connectivity index (χ4n) is 1.73. The molecule has 0 saturated heterocycles. The van der Waals surface area contributed by atoms with Crippen molar-refractivity contribution >= 4 is 11.6 Å². The zero-order valence-electron chi connectivity index (χ0n) is 7.89. The molecule has 0 spiro atoms. The molecule has 12 heavy (non-hydrogen) atoms. The average molecular weight is 191 g/mol. The zero-order chi connectivity index (χ0) is 8.81. The lowest BCUT2D eigenvalue weighted by Gasteiger charge is -2.26. The van der Waals surface area contributed by atoms with E-state index in [1.54, 1.807) is 0 Å². The molecule has 0 aromatic rings. The second-order valence-electron chi connectivity index (χ2n) is 3.64. The molecule has 1 nitrogen and oxygen atoms in total. The zero-order valence-corrected chi connectivity index (χ0v) is 8.65. The molecule has 0 aromatic carbocycles. The Labute approximate surface area is 80.4 Å². The Morgan fingerprint density at radius 1 is 1.33 bits per heavy atom. The second kappa shape index (κ2) is 5.82. The van der Waals surface area contributed by atoms with Gasteiger partial charge in [-0.15, -0.1) is 11.6 Å². The molecule has 0 amide bonds. The maximum atomic E-state index is 6.18. The molecule has 1 fully saturated rings. The minimum Gasteiger partial charge on any atom is -0.381 e. The summed E-state index contributed by atoms with van der Waals surface area (Å²) in [6, 6.07) is 0. The van der Waals surface area contributed by atoms with Gasteiger partial charge >= 0.3 is 0 Å². The van der Waals surface area contributed by atoms with E-state index in [1.165, 1.54) is 25.7 Å². The van der Waals surface area contributed by atoms with Crippen LogP contribution in [0.3, 0.4) is 0 Å². The first-order valence-electron chi connectivity index (χ1n) is 5.06. The minimum atomic E-state index is 0.371. The number of alkyl halides is 1. The van der Waals surface area contributed by atoms with Gasteiger partial charge in [-0.25, -0.2) is 0 Å². The van der Waals surface area contributed by atoms with E-state index in [1.807, 2.05) is 0 Å². The molecular weight excluding hydrogens is 172 g/mol. The van der Waals surface area contributed by atoms with Crippen LogP contribution in [0, 0.1) is 5.92 Å². The summed E-state index contributed by atoms with van der Waals surface area (Å²) in [5.41, 5.74) is 0. The molecule has 0 radical (unpaired) electrons. The average Bonchev–Trinajstić information content (AvgIpc) is 2.09. The first-order chi connectivity index (χ1) is 5.84. The molecule has 0 aliphatic heterocycles. The van der Waals surface area contributed by atoms with Crippen LogP contribution >= 0.6 is 11.6 Å². The van der Waals surface area contributed by atoms with Gasteiger partial charge in [0, 0.05) is 12.0 Å². The van der Waals surface area contributed by atoms with Crippen molar-refractivity contribution in [1.29, 1.82) is 0 Å². The second-order valence-corrected chi connectivity index (χ2v) is 4.20. The van der Waals surface area contributed by atoms with Gasteiger partial charge in [-0.1, -0.05) is 19.8 Å². The van der Waals surface area contributed by atoms with Crippen molar-refractivity contribution < 1.29 is 4.74 Å². The summed E-state index contributed by atoms with van der Waals surface area (Å²) < 4.78 is 5.51. The highest BCUT2D eigenvalue weighted by Crippen LogP contribution is 2.28. The van der Waals surface area contributed by atoms with Crippen LogP contribution in [0.15, 0.2) is 0 Å². The van der Waals surface area contributed by atoms with Gasteiger partial charge in [0.2, 0.25) is 0 Å². The van der Waals surface area contributed by atoms with Crippen molar-refractivity contribution in [1.82, 2.24) is 0 Å². The van der Waals surface area contributed by atoms with Crippen molar-refractivity contribution in [3.63, 3.8) is 0 Å². The molecule has 72 valence electrons. The molecule has 0 N–H and O–H groups in total. The van der Waals surface area contributed by atoms with Crippen LogP contribution in [-0.2, 0) is 4.74 Å². The SMILES string of the molecule is CCCOCC1CCCCC1Cl. The first-order valence-corrected chi connectivity index (χ1v) is 5.50. The molecule has 0 heterocycles. The summed E-state index contributed by atoms with van der Waals surface area (Å²) in [7, 11) is 0. The molecule has 1 aliphatic carbocycles. The van der Waals surface area contributed by atoms with Gasteiger partial charge in [-0.05, 0) is 25.2 Å². The lowest BCUT2D eigenvalue weighted by molar-refractivity contribution is 0.0874. The highest BCUT2D eigenvalue weighted by Gasteiger charge is 2.22. The third kappa shape index (κ3) is 3.32. The normalized spacial score (nSPS) is 30.5. The Morgan fingerprint density at radius 2 is 2.08 bits per heavy atom. The van der Waals surface area contributed by atoms with Crippen LogP contribution in [0.25, 0.3) is 0 Å². The van der Waals surface area contributed by atoms with Gasteiger partial charge in [-0.2, -0.15) is 0 Å². The third-order valence-electron chi connectivity index (χ3n) is 2.50. The summed E-state index contributed by atoms with van der Waals surface area (Å²) in [5.74, 6) is 0.618. The molecule has 2 heteroatoms. The molecule has 1 saturated carbocycles. The van der Waals surface area contributed by atoms with E-state index in [2.05, 4.69) is 6.92 Å². The highest BCUT2D eigenvalue weighted by atomic mass is 35.5. The lowest BCUT2D eigenvalue weighted by atomic mass is 9.89. The van der Waals surface area contributed by atoms with Gasteiger partial charge in [0.05, 0.1) is 6.61 Å². The number of hydrogen-bond acceptors (Lipinski definition) is 1. The Kier molecular flexibility index (Phi) is 5.01.